The van der Waals surface area contributed by atoms with Crippen molar-refractivity contribution in [3.63, 3.8) is 0 Å². The molecule has 32 heavy (non-hydrogen) atoms. The van der Waals surface area contributed by atoms with E-state index in [1.165, 1.54) is 18.2 Å². The highest BCUT2D eigenvalue weighted by atomic mass is 79.9. The fraction of sp³-hybridized carbons (Fsp3) is 0.421. The molecule has 1 aromatic carbocycles. The molecule has 0 atom stereocenters. The Balaban J connectivity index is 1.55. The molecule has 1 aliphatic rings. The number of amidine groups is 1. The molecule has 1 amide bonds. The number of nitrogens with two attached hydrogens (primary N) is 1. The van der Waals surface area contributed by atoms with Gasteiger partial charge in [0.2, 0.25) is 11.7 Å². The van der Waals surface area contributed by atoms with E-state index < -0.39 is 5.82 Å². The van der Waals surface area contributed by atoms with Crippen molar-refractivity contribution in [2.75, 3.05) is 18.4 Å². The molecule has 11 nitrogen and oxygen atoms in total. The van der Waals surface area contributed by atoms with Crippen LogP contribution in [0.5, 0.6) is 0 Å². The zero-order valence-corrected chi connectivity index (χ0v) is 18.7. The topological polar surface area (TPSA) is 163 Å². The quantitative estimate of drug-likeness (QED) is 0.164. The number of rotatable bonds is 7. The first-order chi connectivity index (χ1) is 15.5. The molecule has 0 saturated heterocycles. The standard InChI is InChI=1S/C19H24BrFN8O3/c20-13-10-12(6-7-14(13)21)25-17(27-31)15-16(29-32-28-15)23-8-9-24-19(22)26-18(30)11-4-2-1-3-5-11/h6-7,10-11,31H,1-5,8-9H2,(H,23,29)(H,25,27)(H3,22,24,26,30). The summed E-state index contributed by atoms with van der Waals surface area (Å²) in [4.78, 5) is 20.5. The Bertz CT molecular complexity index is 991. The Morgan fingerprint density at radius 2 is 2.09 bits per heavy atom. The number of nitrogens with one attached hydrogen (secondary N) is 3. The Labute approximate surface area is 191 Å². The Kier molecular flexibility index (Phi) is 8.50. The number of hydrogen-bond acceptors (Lipinski definition) is 8. The fourth-order valence-electron chi connectivity index (χ4n) is 3.26. The molecule has 0 spiro atoms. The first kappa shape index (κ1) is 23.6. The molecule has 2 aromatic rings. The van der Waals surface area contributed by atoms with Gasteiger partial charge >= 0.3 is 0 Å². The highest BCUT2D eigenvalue weighted by Gasteiger charge is 2.21. The van der Waals surface area contributed by atoms with Crippen molar-refractivity contribution in [1.29, 1.82) is 0 Å². The molecule has 3 rings (SSSR count). The van der Waals surface area contributed by atoms with Crippen LogP contribution in [0.4, 0.5) is 15.9 Å². The number of amides is 1. The zero-order valence-electron chi connectivity index (χ0n) is 17.1. The number of halogens is 2. The highest BCUT2D eigenvalue weighted by molar-refractivity contribution is 9.10. The predicted octanol–water partition coefficient (Wildman–Crippen LogP) is 2.45. The fourth-order valence-corrected chi connectivity index (χ4v) is 3.62. The summed E-state index contributed by atoms with van der Waals surface area (Å²) in [7, 11) is 0. The lowest BCUT2D eigenvalue weighted by atomic mass is 9.89. The summed E-state index contributed by atoms with van der Waals surface area (Å²) in [5.74, 6) is -0.347. The summed E-state index contributed by atoms with van der Waals surface area (Å²) in [6.07, 6.45) is 5.02. The van der Waals surface area contributed by atoms with Crippen molar-refractivity contribution in [3.05, 3.63) is 34.2 Å². The number of hydroxylamine groups is 1. The summed E-state index contributed by atoms with van der Waals surface area (Å²) < 4.78 is 18.3. The van der Waals surface area contributed by atoms with Crippen molar-refractivity contribution in [1.82, 2.24) is 21.1 Å². The van der Waals surface area contributed by atoms with E-state index in [0.29, 0.717) is 12.2 Å². The molecule has 1 saturated carbocycles. The van der Waals surface area contributed by atoms with Gasteiger partial charge in [-0.2, -0.15) is 0 Å². The molecular formula is C19H24BrFN8O3. The monoisotopic (exact) mass is 510 g/mol. The maximum atomic E-state index is 13.4. The maximum absolute atomic E-state index is 13.4. The Morgan fingerprint density at radius 1 is 1.31 bits per heavy atom. The lowest BCUT2D eigenvalue weighted by Gasteiger charge is -2.20. The lowest BCUT2D eigenvalue weighted by Crippen LogP contribution is -2.41. The van der Waals surface area contributed by atoms with Gasteiger partial charge in [-0.05, 0) is 57.3 Å². The van der Waals surface area contributed by atoms with Gasteiger partial charge in [-0.3, -0.25) is 25.8 Å². The predicted molar refractivity (Wildman–Crippen MR) is 119 cm³/mol. The van der Waals surface area contributed by atoms with E-state index in [0.717, 1.165) is 32.1 Å². The van der Waals surface area contributed by atoms with Crippen LogP contribution in [0.2, 0.25) is 0 Å². The molecule has 1 heterocycles. The number of guanidine groups is 1. The smallest absolute Gasteiger partial charge is 0.229 e. The summed E-state index contributed by atoms with van der Waals surface area (Å²) in [6.45, 7) is 0.537. The van der Waals surface area contributed by atoms with E-state index in [2.05, 4.69) is 46.9 Å². The number of carbonyl (C=O) groups excluding carboxylic acids is 1. The maximum Gasteiger partial charge on any atom is 0.229 e. The van der Waals surface area contributed by atoms with Crippen LogP contribution in [0.3, 0.4) is 0 Å². The summed E-state index contributed by atoms with van der Waals surface area (Å²) in [5.41, 5.74) is 8.20. The minimum absolute atomic E-state index is 0.00944. The number of anilines is 1. The van der Waals surface area contributed by atoms with Crippen LogP contribution in [0.15, 0.2) is 37.3 Å². The van der Waals surface area contributed by atoms with E-state index in [-0.39, 0.29) is 46.1 Å². The van der Waals surface area contributed by atoms with E-state index >= 15 is 0 Å². The van der Waals surface area contributed by atoms with Gasteiger partial charge in [-0.1, -0.05) is 19.3 Å². The number of benzene rings is 1. The first-order valence-corrected chi connectivity index (χ1v) is 10.9. The zero-order chi connectivity index (χ0) is 22.9. The van der Waals surface area contributed by atoms with Crippen molar-refractivity contribution in [2.24, 2.45) is 21.6 Å². The second-order valence-corrected chi connectivity index (χ2v) is 8.00. The van der Waals surface area contributed by atoms with Crippen LogP contribution in [-0.4, -0.2) is 46.3 Å². The molecule has 0 unspecified atom stereocenters. The molecule has 13 heteroatoms. The third-order valence-electron chi connectivity index (χ3n) is 4.88. The summed E-state index contributed by atoms with van der Waals surface area (Å²) in [6, 6.07) is 4.09. The number of carbonyl (C=O) groups is 1. The van der Waals surface area contributed by atoms with Crippen molar-refractivity contribution >= 4 is 45.1 Å². The van der Waals surface area contributed by atoms with Crippen LogP contribution in [0, 0.1) is 11.7 Å². The van der Waals surface area contributed by atoms with E-state index in [1.54, 1.807) is 0 Å². The van der Waals surface area contributed by atoms with Crippen molar-refractivity contribution in [3.8, 4) is 0 Å². The minimum Gasteiger partial charge on any atom is -0.370 e. The van der Waals surface area contributed by atoms with Crippen LogP contribution in [0.1, 0.15) is 37.8 Å². The molecular weight excluding hydrogens is 487 g/mol. The van der Waals surface area contributed by atoms with Gasteiger partial charge in [-0.25, -0.2) is 14.0 Å². The Hall–Kier alpha value is -3.06. The van der Waals surface area contributed by atoms with Gasteiger partial charge in [0.25, 0.3) is 0 Å². The van der Waals surface area contributed by atoms with Gasteiger partial charge in [0.1, 0.15) is 5.82 Å². The SMILES string of the molecule is NC(=NCCNc1nonc1C(=Nc1ccc(F)c(Br)c1)NO)NC(=O)C1CCCCC1. The van der Waals surface area contributed by atoms with Gasteiger partial charge in [0.05, 0.1) is 16.7 Å². The summed E-state index contributed by atoms with van der Waals surface area (Å²) >= 11 is 3.08. The third-order valence-corrected chi connectivity index (χ3v) is 5.48. The third kappa shape index (κ3) is 6.47. The average Bonchev–Trinajstić information content (AvgIpc) is 3.26. The molecule has 1 fully saturated rings. The van der Waals surface area contributed by atoms with Crippen molar-refractivity contribution in [2.45, 2.75) is 32.1 Å². The second kappa shape index (κ2) is 11.5. The minimum atomic E-state index is -0.442. The molecule has 172 valence electrons. The summed E-state index contributed by atoms with van der Waals surface area (Å²) in [5, 5.41) is 22.5. The molecule has 0 bridgehead atoms. The number of aliphatic imine (C=N–C) groups is 2. The molecule has 0 radical (unpaired) electrons. The lowest BCUT2D eigenvalue weighted by molar-refractivity contribution is -0.124. The molecule has 1 aromatic heterocycles. The van der Waals surface area contributed by atoms with Crippen LogP contribution in [0.25, 0.3) is 0 Å². The normalized spacial score (nSPS) is 15.5. The first-order valence-electron chi connectivity index (χ1n) is 10.1. The number of aromatic nitrogens is 2. The largest absolute Gasteiger partial charge is 0.370 e. The van der Waals surface area contributed by atoms with Crippen molar-refractivity contribution < 1.29 is 19.0 Å². The molecule has 6 N–H and O–H groups in total. The molecule has 1 aliphatic carbocycles. The van der Waals surface area contributed by atoms with Crippen LogP contribution >= 0.6 is 15.9 Å². The number of hydrogen-bond donors (Lipinski definition) is 5. The van der Waals surface area contributed by atoms with Gasteiger partial charge in [-0.15, -0.1) is 0 Å². The second-order valence-electron chi connectivity index (χ2n) is 7.15. The Morgan fingerprint density at radius 3 is 2.81 bits per heavy atom. The van der Waals surface area contributed by atoms with Gasteiger partial charge in [0.15, 0.2) is 17.5 Å². The molecule has 0 aliphatic heterocycles. The van der Waals surface area contributed by atoms with Crippen LogP contribution in [-0.2, 0) is 4.79 Å². The average molecular weight is 511 g/mol. The van der Waals surface area contributed by atoms with Crippen LogP contribution < -0.4 is 21.8 Å². The van der Waals surface area contributed by atoms with E-state index in [1.807, 2.05) is 5.48 Å². The van der Waals surface area contributed by atoms with E-state index in [9.17, 15) is 14.4 Å². The number of nitrogens with zero attached hydrogens (tertiary/aromatic N) is 4. The van der Waals surface area contributed by atoms with Gasteiger partial charge in [0, 0.05) is 12.5 Å². The van der Waals surface area contributed by atoms with Gasteiger partial charge < -0.3 is 11.1 Å². The van der Waals surface area contributed by atoms with E-state index in [4.69, 9.17) is 10.4 Å². The highest BCUT2D eigenvalue weighted by Crippen LogP contribution is 2.24.